The molecule has 1 aromatic heterocycles. The number of benzene rings is 1. The molecular formula is C25H31BClFN2O. The van der Waals surface area contributed by atoms with E-state index in [9.17, 15) is 4.39 Å². The van der Waals surface area contributed by atoms with Gasteiger partial charge in [-0.1, -0.05) is 0 Å². The number of nitrogens with zero attached hydrogens (tertiary/aromatic N) is 2. The Hall–Kier alpha value is -2.14. The average molecular weight is 441 g/mol. The van der Waals surface area contributed by atoms with E-state index in [4.69, 9.17) is 21.2 Å². The number of rotatable bonds is 8. The first-order valence-electron chi connectivity index (χ1n) is 11.2. The van der Waals surface area contributed by atoms with Gasteiger partial charge < -0.3 is 0 Å². The van der Waals surface area contributed by atoms with Gasteiger partial charge in [0, 0.05) is 0 Å². The van der Waals surface area contributed by atoms with Crippen molar-refractivity contribution in [3.05, 3.63) is 76.6 Å². The molecule has 1 saturated carbocycles. The molecule has 31 heavy (non-hydrogen) atoms. The zero-order valence-corrected chi connectivity index (χ0v) is 19.5. The van der Waals surface area contributed by atoms with Crippen LogP contribution in [0, 0.1) is 0 Å². The van der Waals surface area contributed by atoms with Crippen molar-refractivity contribution < 1.29 is 9.13 Å². The molecule has 2 aromatic rings. The van der Waals surface area contributed by atoms with E-state index >= 15 is 0 Å². The first-order valence-corrected chi connectivity index (χ1v) is 11.5. The summed E-state index contributed by atoms with van der Waals surface area (Å²) in [7, 11) is 2.01. The van der Waals surface area contributed by atoms with E-state index in [1.165, 1.54) is 29.0 Å². The zero-order chi connectivity index (χ0) is 22.4. The minimum absolute atomic E-state index is 0.109. The number of hydrogen-bond donors (Lipinski definition) is 0. The summed E-state index contributed by atoms with van der Waals surface area (Å²) in [5, 5.41) is 0.765. The molecular weight excluding hydrogens is 410 g/mol. The Morgan fingerprint density at radius 1 is 1.26 bits per heavy atom. The van der Waals surface area contributed by atoms with Crippen LogP contribution in [0.3, 0.4) is 0 Å². The fraction of sp³-hybridized carbons (Fsp3) is 0.440. The molecule has 0 amide bonds. The second-order valence-electron chi connectivity index (χ2n) is 7.99. The summed E-state index contributed by atoms with van der Waals surface area (Å²) < 4.78 is 21.5. The molecule has 1 fully saturated rings. The van der Waals surface area contributed by atoms with Crippen molar-refractivity contribution in [1.29, 1.82) is 0 Å². The SMILES string of the molecule is C=C(/C=C\C(F)=C/C)OC1CCC(c2nbc(CC)n2-c2ccc(Cl)cc2CC)CC1. The van der Waals surface area contributed by atoms with E-state index in [0.717, 1.165) is 49.4 Å². The van der Waals surface area contributed by atoms with Crippen molar-refractivity contribution in [3.8, 4) is 5.69 Å². The monoisotopic (exact) mass is 440 g/mol. The van der Waals surface area contributed by atoms with Gasteiger partial charge in [-0.15, -0.1) is 0 Å². The Morgan fingerprint density at radius 3 is 2.65 bits per heavy atom. The molecule has 0 N–H and O–H groups in total. The number of hydrogen-bond acceptors (Lipinski definition) is 2. The Balaban J connectivity index is 1.74. The van der Waals surface area contributed by atoms with Gasteiger partial charge in [-0.2, -0.15) is 0 Å². The summed E-state index contributed by atoms with van der Waals surface area (Å²) in [6, 6.07) is 6.13. The van der Waals surface area contributed by atoms with Gasteiger partial charge in [-0.25, -0.2) is 0 Å². The molecule has 0 unspecified atom stereocenters. The van der Waals surface area contributed by atoms with Gasteiger partial charge in [-0.05, 0) is 6.92 Å². The van der Waals surface area contributed by atoms with E-state index in [2.05, 4.69) is 37.1 Å². The van der Waals surface area contributed by atoms with Crippen LogP contribution in [0.4, 0.5) is 4.39 Å². The summed E-state index contributed by atoms with van der Waals surface area (Å²) in [4.78, 5) is 4.84. The Kier molecular flexibility index (Phi) is 8.31. The summed E-state index contributed by atoms with van der Waals surface area (Å²) in [6.45, 7) is 9.88. The van der Waals surface area contributed by atoms with Crippen LogP contribution >= 0.6 is 11.6 Å². The Labute approximate surface area is 190 Å². The summed E-state index contributed by atoms with van der Waals surface area (Å²) in [5.74, 6) is 1.72. The van der Waals surface area contributed by atoms with Crippen molar-refractivity contribution >= 4 is 18.7 Å². The Morgan fingerprint density at radius 2 is 2.00 bits per heavy atom. The van der Waals surface area contributed by atoms with E-state index in [1.807, 2.05) is 13.1 Å². The molecule has 1 aliphatic rings. The third kappa shape index (κ3) is 5.76. The van der Waals surface area contributed by atoms with E-state index in [1.54, 1.807) is 13.0 Å². The summed E-state index contributed by atoms with van der Waals surface area (Å²) in [6.07, 6.45) is 10.2. The second kappa shape index (κ2) is 10.9. The van der Waals surface area contributed by atoms with Gasteiger partial charge in [0.2, 0.25) is 0 Å². The van der Waals surface area contributed by atoms with Crippen LogP contribution in [0.5, 0.6) is 0 Å². The van der Waals surface area contributed by atoms with Gasteiger partial charge in [0.1, 0.15) is 0 Å². The molecule has 0 atom stereocenters. The number of aromatic nitrogens is 2. The maximum atomic E-state index is 13.3. The predicted molar refractivity (Wildman–Crippen MR) is 128 cm³/mol. The van der Waals surface area contributed by atoms with Crippen LogP contribution in [-0.4, -0.2) is 22.6 Å². The molecule has 0 aliphatic heterocycles. The minimum atomic E-state index is -0.291. The van der Waals surface area contributed by atoms with Crippen LogP contribution in [0.15, 0.2) is 54.6 Å². The van der Waals surface area contributed by atoms with Gasteiger partial charge in [0.25, 0.3) is 0 Å². The van der Waals surface area contributed by atoms with Gasteiger partial charge in [-0.3, -0.25) is 0 Å². The standard InChI is InChI=1S/C25H31BClFN2O/c1-5-18-16-20(27)11-15-23(18)30-24(7-3)26-29-25(30)19-9-13-22(14-10-19)31-17(4)8-12-21(28)6-2/h6,8,11-12,15-16,19,22H,4-5,7,9-10,13-14H2,1-3H3/b12-8-,21-6+. The normalized spacial score (nSPS) is 19.6. The van der Waals surface area contributed by atoms with E-state index in [-0.39, 0.29) is 11.9 Å². The van der Waals surface area contributed by atoms with Crippen molar-refractivity contribution in [2.45, 2.75) is 71.3 Å². The fourth-order valence-electron chi connectivity index (χ4n) is 4.24. The first kappa shape index (κ1) is 23.5. The van der Waals surface area contributed by atoms with E-state index < -0.39 is 0 Å². The third-order valence-corrected chi connectivity index (χ3v) is 6.18. The van der Waals surface area contributed by atoms with Crippen molar-refractivity contribution in [3.63, 3.8) is 0 Å². The van der Waals surface area contributed by atoms with Crippen molar-refractivity contribution in [2.24, 2.45) is 0 Å². The molecule has 0 bridgehead atoms. The topological polar surface area (TPSA) is 27.1 Å². The van der Waals surface area contributed by atoms with Crippen LogP contribution < -0.4 is 0 Å². The van der Waals surface area contributed by atoms with Gasteiger partial charge >= 0.3 is 184 Å². The van der Waals surface area contributed by atoms with Crippen molar-refractivity contribution in [1.82, 2.24) is 9.46 Å². The van der Waals surface area contributed by atoms with E-state index in [0.29, 0.717) is 11.7 Å². The molecule has 0 radical (unpaired) electrons. The maximum absolute atomic E-state index is 13.3. The summed E-state index contributed by atoms with van der Waals surface area (Å²) >= 11 is 6.25. The molecule has 164 valence electrons. The number of aryl methyl sites for hydroxylation is 2. The molecule has 0 saturated heterocycles. The fourth-order valence-corrected chi connectivity index (χ4v) is 4.43. The number of halogens is 2. The molecule has 6 heteroatoms. The molecule has 0 spiro atoms. The van der Waals surface area contributed by atoms with Crippen LogP contribution in [0.2, 0.25) is 5.02 Å². The third-order valence-electron chi connectivity index (χ3n) is 5.95. The molecule has 3 nitrogen and oxygen atoms in total. The quantitative estimate of drug-likeness (QED) is 0.327. The summed E-state index contributed by atoms with van der Waals surface area (Å²) in [5.41, 5.74) is 3.63. The van der Waals surface area contributed by atoms with Crippen LogP contribution in [0.25, 0.3) is 5.69 Å². The predicted octanol–water partition coefficient (Wildman–Crippen LogP) is 6.97. The zero-order valence-electron chi connectivity index (χ0n) is 18.7. The molecule has 1 aliphatic carbocycles. The number of allylic oxidation sites excluding steroid dienone is 4. The average Bonchev–Trinajstić information content (AvgIpc) is 3.21. The van der Waals surface area contributed by atoms with Crippen LogP contribution in [-0.2, 0) is 17.6 Å². The molecule has 1 aromatic carbocycles. The molecule has 1 heterocycles. The van der Waals surface area contributed by atoms with Crippen molar-refractivity contribution in [2.75, 3.05) is 0 Å². The van der Waals surface area contributed by atoms with Gasteiger partial charge in [0.15, 0.2) is 0 Å². The number of ether oxygens (including phenoxy) is 1. The van der Waals surface area contributed by atoms with Crippen LogP contribution in [0.1, 0.15) is 69.3 Å². The van der Waals surface area contributed by atoms with Gasteiger partial charge in [0.05, 0.1) is 0 Å². The second-order valence-corrected chi connectivity index (χ2v) is 8.42. The first-order chi connectivity index (χ1) is 15.0. The molecule has 3 rings (SSSR count). The Bertz CT molecular complexity index is 974.